The van der Waals surface area contributed by atoms with E-state index in [-0.39, 0.29) is 3.79 Å². The SMILES string of the molecule is C#Cc1ccc(C(=O)I)cc1. The summed E-state index contributed by atoms with van der Waals surface area (Å²) in [5, 5.41) is 0. The molecule has 0 aromatic heterocycles. The van der Waals surface area contributed by atoms with Gasteiger partial charge in [-0.15, -0.1) is 6.42 Å². The lowest BCUT2D eigenvalue weighted by Gasteiger charge is -1.92. The molecule has 11 heavy (non-hydrogen) atoms. The molecule has 2 heteroatoms. The van der Waals surface area contributed by atoms with Crippen molar-refractivity contribution in [3.05, 3.63) is 35.4 Å². The fraction of sp³-hybridized carbons (Fsp3) is 0. The molecule has 0 aliphatic heterocycles. The van der Waals surface area contributed by atoms with Crippen molar-refractivity contribution in [1.82, 2.24) is 0 Å². The van der Waals surface area contributed by atoms with Gasteiger partial charge < -0.3 is 0 Å². The molecule has 0 N–H and O–H groups in total. The van der Waals surface area contributed by atoms with Crippen LogP contribution in [-0.4, -0.2) is 3.79 Å². The molecule has 1 aromatic rings. The topological polar surface area (TPSA) is 17.1 Å². The molecule has 0 bridgehead atoms. The molecule has 0 amide bonds. The second-order valence-electron chi connectivity index (χ2n) is 2.00. The summed E-state index contributed by atoms with van der Waals surface area (Å²) in [6.45, 7) is 0. The molecular formula is C9H5IO. The van der Waals surface area contributed by atoms with Crippen LogP contribution >= 0.6 is 22.6 Å². The largest absolute Gasteiger partial charge is 0.282 e. The summed E-state index contributed by atoms with van der Waals surface area (Å²) in [6, 6.07) is 6.96. The van der Waals surface area contributed by atoms with Crippen LogP contribution in [0.4, 0.5) is 0 Å². The van der Waals surface area contributed by atoms with E-state index in [1.165, 1.54) is 0 Å². The minimum absolute atomic E-state index is 0.0335. The van der Waals surface area contributed by atoms with Crippen LogP contribution in [0, 0.1) is 12.3 Å². The van der Waals surface area contributed by atoms with Crippen LogP contribution < -0.4 is 0 Å². The summed E-state index contributed by atoms with van der Waals surface area (Å²) >= 11 is 1.74. The first kappa shape index (κ1) is 8.28. The van der Waals surface area contributed by atoms with Crippen LogP contribution in [0.1, 0.15) is 15.9 Å². The molecule has 0 fully saturated rings. The van der Waals surface area contributed by atoms with Gasteiger partial charge in [-0.3, -0.25) is 4.79 Å². The van der Waals surface area contributed by atoms with Crippen molar-refractivity contribution in [3.63, 3.8) is 0 Å². The highest BCUT2D eigenvalue weighted by Gasteiger charge is 1.97. The molecule has 0 radical (unpaired) electrons. The Labute approximate surface area is 78.9 Å². The van der Waals surface area contributed by atoms with Crippen LogP contribution in [0.25, 0.3) is 0 Å². The van der Waals surface area contributed by atoms with Crippen LogP contribution in [0.3, 0.4) is 0 Å². The van der Waals surface area contributed by atoms with E-state index < -0.39 is 0 Å². The summed E-state index contributed by atoms with van der Waals surface area (Å²) in [5.74, 6) is 2.48. The average Bonchev–Trinajstić information content (AvgIpc) is 2.05. The number of carbonyl (C=O) groups is 1. The number of carbonyl (C=O) groups excluding carboxylic acids is 1. The molecule has 1 rings (SSSR count). The van der Waals surface area contributed by atoms with Crippen molar-refractivity contribution in [2.24, 2.45) is 0 Å². The van der Waals surface area contributed by atoms with Gasteiger partial charge in [0, 0.05) is 33.7 Å². The third-order valence-electron chi connectivity index (χ3n) is 1.28. The van der Waals surface area contributed by atoms with E-state index in [2.05, 4.69) is 5.92 Å². The number of hydrogen-bond acceptors (Lipinski definition) is 1. The van der Waals surface area contributed by atoms with E-state index in [1.807, 2.05) is 0 Å². The number of terminal acetylenes is 1. The van der Waals surface area contributed by atoms with Crippen molar-refractivity contribution in [3.8, 4) is 12.3 Å². The van der Waals surface area contributed by atoms with Crippen molar-refractivity contribution >= 4 is 26.4 Å². The summed E-state index contributed by atoms with van der Waals surface area (Å²) < 4.78 is 0.0335. The molecule has 1 aromatic carbocycles. The summed E-state index contributed by atoms with van der Waals surface area (Å²) in [6.07, 6.45) is 5.14. The summed E-state index contributed by atoms with van der Waals surface area (Å²) in [4.78, 5) is 10.8. The molecule has 0 aliphatic carbocycles. The zero-order chi connectivity index (χ0) is 8.27. The lowest BCUT2D eigenvalue weighted by atomic mass is 10.2. The van der Waals surface area contributed by atoms with E-state index in [9.17, 15) is 4.79 Å². The molecular weight excluding hydrogens is 251 g/mol. The van der Waals surface area contributed by atoms with Gasteiger partial charge in [-0.1, -0.05) is 5.92 Å². The van der Waals surface area contributed by atoms with E-state index in [4.69, 9.17) is 6.42 Å². The lowest BCUT2D eigenvalue weighted by Crippen LogP contribution is -1.86. The number of benzene rings is 1. The van der Waals surface area contributed by atoms with Gasteiger partial charge in [0.1, 0.15) is 0 Å². The van der Waals surface area contributed by atoms with Crippen molar-refractivity contribution in [2.45, 2.75) is 0 Å². The Bertz CT molecular complexity index is 305. The van der Waals surface area contributed by atoms with Crippen LogP contribution in [-0.2, 0) is 0 Å². The fourth-order valence-electron chi connectivity index (χ4n) is 0.697. The maximum Gasteiger partial charge on any atom is 0.222 e. The summed E-state index contributed by atoms with van der Waals surface area (Å²) in [5.41, 5.74) is 1.48. The van der Waals surface area contributed by atoms with E-state index >= 15 is 0 Å². The zero-order valence-electron chi connectivity index (χ0n) is 5.67. The Morgan fingerprint density at radius 1 is 1.36 bits per heavy atom. The highest BCUT2D eigenvalue weighted by molar-refractivity contribution is 14.1. The minimum atomic E-state index is 0.0335. The Morgan fingerprint density at radius 3 is 2.27 bits per heavy atom. The van der Waals surface area contributed by atoms with Crippen LogP contribution in [0.5, 0.6) is 0 Å². The van der Waals surface area contributed by atoms with Gasteiger partial charge in [0.15, 0.2) is 0 Å². The van der Waals surface area contributed by atoms with Gasteiger partial charge in [0.25, 0.3) is 0 Å². The average molecular weight is 256 g/mol. The second-order valence-corrected chi connectivity index (χ2v) is 2.98. The Hall–Kier alpha value is -0.820. The molecule has 0 spiro atoms. The van der Waals surface area contributed by atoms with E-state index in [0.717, 1.165) is 5.56 Å². The third-order valence-corrected chi connectivity index (χ3v) is 1.90. The highest BCUT2D eigenvalue weighted by atomic mass is 127. The minimum Gasteiger partial charge on any atom is -0.282 e. The lowest BCUT2D eigenvalue weighted by molar-refractivity contribution is 0.110. The fourth-order valence-corrected chi connectivity index (χ4v) is 1.06. The molecule has 54 valence electrons. The highest BCUT2D eigenvalue weighted by Crippen LogP contribution is 2.07. The molecule has 1 nitrogen and oxygen atoms in total. The smallest absolute Gasteiger partial charge is 0.222 e. The predicted octanol–water partition coefficient (Wildman–Crippen LogP) is 2.24. The second kappa shape index (κ2) is 3.54. The normalized spacial score (nSPS) is 8.73. The van der Waals surface area contributed by atoms with Crippen molar-refractivity contribution < 1.29 is 4.79 Å². The van der Waals surface area contributed by atoms with Gasteiger partial charge in [0.05, 0.1) is 0 Å². The standard InChI is InChI=1S/C9H5IO/c1-2-7-3-5-8(6-4-7)9(10)11/h1,3-6H. The van der Waals surface area contributed by atoms with Gasteiger partial charge in [0.2, 0.25) is 3.79 Å². The molecule has 0 heterocycles. The molecule has 0 atom stereocenters. The van der Waals surface area contributed by atoms with Crippen molar-refractivity contribution in [2.75, 3.05) is 0 Å². The first-order valence-corrected chi connectivity index (χ1v) is 4.08. The Morgan fingerprint density at radius 2 is 1.91 bits per heavy atom. The monoisotopic (exact) mass is 256 g/mol. The molecule has 0 saturated heterocycles. The third kappa shape index (κ3) is 2.05. The Kier molecular flexibility index (Phi) is 2.66. The number of rotatable bonds is 1. The van der Waals surface area contributed by atoms with Gasteiger partial charge in [-0.05, 0) is 24.3 Å². The number of halogens is 1. The molecule has 0 saturated carbocycles. The number of hydrogen-bond donors (Lipinski definition) is 0. The first-order valence-electron chi connectivity index (χ1n) is 3.00. The van der Waals surface area contributed by atoms with E-state index in [1.54, 1.807) is 46.9 Å². The summed E-state index contributed by atoms with van der Waals surface area (Å²) in [7, 11) is 0. The quantitative estimate of drug-likeness (QED) is 0.428. The maximum atomic E-state index is 10.8. The van der Waals surface area contributed by atoms with Crippen molar-refractivity contribution in [1.29, 1.82) is 0 Å². The molecule has 0 unspecified atom stereocenters. The van der Waals surface area contributed by atoms with E-state index in [0.29, 0.717) is 5.56 Å². The van der Waals surface area contributed by atoms with Gasteiger partial charge >= 0.3 is 0 Å². The maximum absolute atomic E-state index is 10.8. The van der Waals surface area contributed by atoms with Crippen LogP contribution in [0.15, 0.2) is 24.3 Å². The van der Waals surface area contributed by atoms with Gasteiger partial charge in [-0.2, -0.15) is 0 Å². The Balaban J connectivity index is 3.03. The van der Waals surface area contributed by atoms with Crippen LogP contribution in [0.2, 0.25) is 0 Å². The first-order chi connectivity index (χ1) is 5.24. The van der Waals surface area contributed by atoms with Gasteiger partial charge in [-0.25, -0.2) is 0 Å². The molecule has 0 aliphatic rings. The zero-order valence-corrected chi connectivity index (χ0v) is 7.83. The predicted molar refractivity (Wildman–Crippen MR) is 52.7 cm³/mol.